The molecule has 0 spiro atoms. The Labute approximate surface area is 188 Å². The van der Waals surface area contributed by atoms with Crippen LogP contribution in [0.25, 0.3) is 6.08 Å². The standard InChI is InChI=1S/C20H15BrINO4S/c1-2-27-20(26)16-18(25)15(10-11-8-13(21)17(24)14(22)9-11)28-19(16)23-12-6-4-3-5-7-12/h3-10,24-25H,2H2,1H3/b15-10-,23-19?. The molecule has 1 heterocycles. The van der Waals surface area contributed by atoms with Gasteiger partial charge in [0.15, 0.2) is 0 Å². The van der Waals surface area contributed by atoms with Gasteiger partial charge in [-0.2, -0.15) is 0 Å². The quantitative estimate of drug-likeness (QED) is 0.350. The SMILES string of the molecule is CCOC(=O)C1=C(O)/C(=C/c2cc(Br)c(O)c(I)c2)SC1=Nc1ccccc1. The summed E-state index contributed by atoms with van der Waals surface area (Å²) in [6.07, 6.45) is 1.74. The number of para-hydroxylation sites is 1. The molecule has 1 aliphatic rings. The van der Waals surface area contributed by atoms with Gasteiger partial charge >= 0.3 is 5.97 Å². The van der Waals surface area contributed by atoms with Gasteiger partial charge in [-0.15, -0.1) is 0 Å². The number of benzene rings is 2. The zero-order valence-electron chi connectivity index (χ0n) is 14.6. The molecule has 2 N–H and O–H groups in total. The molecule has 144 valence electrons. The number of thioether (sulfide) groups is 1. The summed E-state index contributed by atoms with van der Waals surface area (Å²) in [7, 11) is 0. The van der Waals surface area contributed by atoms with E-state index in [2.05, 4.69) is 20.9 Å². The summed E-state index contributed by atoms with van der Waals surface area (Å²) in [4.78, 5) is 17.4. The highest BCUT2D eigenvalue weighted by atomic mass is 127. The van der Waals surface area contributed by atoms with Crippen LogP contribution in [-0.4, -0.2) is 27.8 Å². The predicted octanol–water partition coefficient (Wildman–Crippen LogP) is 5.95. The van der Waals surface area contributed by atoms with E-state index in [1.165, 1.54) is 11.8 Å². The molecule has 0 unspecified atom stereocenters. The van der Waals surface area contributed by atoms with E-state index in [4.69, 9.17) is 4.74 Å². The van der Waals surface area contributed by atoms with E-state index in [9.17, 15) is 15.0 Å². The van der Waals surface area contributed by atoms with Crippen LogP contribution < -0.4 is 0 Å². The second-order valence-corrected chi connectivity index (χ2v) is 8.69. The van der Waals surface area contributed by atoms with Gasteiger partial charge in [0.05, 0.1) is 25.2 Å². The summed E-state index contributed by atoms with van der Waals surface area (Å²) in [5.41, 5.74) is 1.48. The van der Waals surface area contributed by atoms with Crippen molar-refractivity contribution < 1.29 is 19.7 Å². The van der Waals surface area contributed by atoms with Gasteiger partial charge in [-0.1, -0.05) is 30.0 Å². The molecule has 1 aliphatic heterocycles. The number of rotatable bonds is 4. The van der Waals surface area contributed by atoms with Crippen molar-refractivity contribution in [3.05, 3.63) is 72.3 Å². The van der Waals surface area contributed by atoms with Crippen molar-refractivity contribution in [3.63, 3.8) is 0 Å². The Bertz CT molecular complexity index is 995. The van der Waals surface area contributed by atoms with E-state index in [1.807, 2.05) is 52.9 Å². The Hall–Kier alpha value is -1.78. The largest absolute Gasteiger partial charge is 0.506 e. The summed E-state index contributed by atoms with van der Waals surface area (Å²) in [5.74, 6) is -0.635. The third kappa shape index (κ3) is 4.61. The molecule has 3 rings (SSSR count). The Morgan fingerprint density at radius 1 is 1.29 bits per heavy atom. The minimum atomic E-state index is -0.618. The number of phenols is 1. The summed E-state index contributed by atoms with van der Waals surface area (Å²) < 4.78 is 6.30. The predicted molar refractivity (Wildman–Crippen MR) is 124 cm³/mol. The van der Waals surface area contributed by atoms with Crippen molar-refractivity contribution in [2.45, 2.75) is 6.92 Å². The van der Waals surface area contributed by atoms with Crippen LogP contribution >= 0.6 is 50.3 Å². The van der Waals surface area contributed by atoms with Crippen LogP contribution in [-0.2, 0) is 9.53 Å². The van der Waals surface area contributed by atoms with Crippen molar-refractivity contribution >= 4 is 73.1 Å². The molecule has 0 saturated heterocycles. The van der Waals surface area contributed by atoms with E-state index < -0.39 is 5.97 Å². The number of aromatic hydroxyl groups is 1. The van der Waals surface area contributed by atoms with E-state index >= 15 is 0 Å². The number of phenolic OH excluding ortho intramolecular Hbond substituents is 1. The van der Waals surface area contributed by atoms with E-state index in [0.29, 0.717) is 23.7 Å². The van der Waals surface area contributed by atoms with Crippen LogP contribution in [0, 0.1) is 3.57 Å². The molecule has 28 heavy (non-hydrogen) atoms. The van der Waals surface area contributed by atoms with Gasteiger partial charge < -0.3 is 14.9 Å². The molecule has 0 radical (unpaired) electrons. The Balaban J connectivity index is 2.06. The molecule has 0 saturated carbocycles. The van der Waals surface area contributed by atoms with Gasteiger partial charge in [-0.25, -0.2) is 9.79 Å². The number of hydrogen-bond acceptors (Lipinski definition) is 6. The van der Waals surface area contributed by atoms with Gasteiger partial charge in [0.2, 0.25) is 0 Å². The van der Waals surface area contributed by atoms with E-state index in [1.54, 1.807) is 25.1 Å². The first kappa shape index (κ1) is 20.9. The second kappa shape index (κ2) is 9.15. The summed E-state index contributed by atoms with van der Waals surface area (Å²) in [6, 6.07) is 12.7. The first-order valence-corrected chi connectivity index (χ1v) is 10.9. The van der Waals surface area contributed by atoms with Crippen LogP contribution in [0.15, 0.2) is 68.2 Å². The third-order valence-electron chi connectivity index (χ3n) is 3.69. The topological polar surface area (TPSA) is 79.1 Å². The highest BCUT2D eigenvalue weighted by Gasteiger charge is 2.33. The molecular weight excluding hydrogens is 557 g/mol. The lowest BCUT2D eigenvalue weighted by Crippen LogP contribution is -2.12. The number of esters is 1. The molecule has 0 amide bonds. The molecule has 8 heteroatoms. The maximum atomic E-state index is 12.4. The van der Waals surface area contributed by atoms with Crippen LogP contribution in [0.2, 0.25) is 0 Å². The average molecular weight is 572 g/mol. The first-order chi connectivity index (χ1) is 13.4. The van der Waals surface area contributed by atoms with Crippen LogP contribution in [0.4, 0.5) is 5.69 Å². The van der Waals surface area contributed by atoms with Gasteiger partial charge in [-0.3, -0.25) is 0 Å². The highest BCUT2D eigenvalue weighted by molar-refractivity contribution is 14.1. The molecule has 0 bridgehead atoms. The molecule has 0 atom stereocenters. The van der Waals surface area contributed by atoms with Gasteiger partial charge in [-0.05, 0) is 81.3 Å². The van der Waals surface area contributed by atoms with E-state index in [-0.39, 0.29) is 23.7 Å². The lowest BCUT2D eigenvalue weighted by molar-refractivity contribution is -0.138. The zero-order valence-corrected chi connectivity index (χ0v) is 19.2. The van der Waals surface area contributed by atoms with E-state index in [0.717, 1.165) is 5.56 Å². The number of aliphatic imine (C=N–C) groups is 1. The van der Waals surface area contributed by atoms with Gasteiger partial charge in [0.25, 0.3) is 0 Å². The first-order valence-electron chi connectivity index (χ1n) is 8.23. The number of nitrogens with zero attached hydrogens (tertiary/aromatic N) is 1. The molecule has 5 nitrogen and oxygen atoms in total. The van der Waals surface area contributed by atoms with Crippen molar-refractivity contribution in [2.75, 3.05) is 6.61 Å². The number of aliphatic hydroxyl groups excluding tert-OH is 1. The van der Waals surface area contributed by atoms with Crippen molar-refractivity contribution in [1.82, 2.24) is 0 Å². The number of carbonyl (C=O) groups is 1. The molecule has 0 aliphatic carbocycles. The van der Waals surface area contributed by atoms with Crippen LogP contribution in [0.5, 0.6) is 5.75 Å². The number of hydrogen-bond donors (Lipinski definition) is 2. The highest BCUT2D eigenvalue weighted by Crippen LogP contribution is 2.41. The minimum absolute atomic E-state index is 0.0505. The van der Waals surface area contributed by atoms with Crippen LogP contribution in [0.3, 0.4) is 0 Å². The maximum absolute atomic E-state index is 12.4. The Morgan fingerprint density at radius 3 is 2.64 bits per heavy atom. The van der Waals surface area contributed by atoms with Gasteiger partial charge in [0, 0.05) is 0 Å². The fraction of sp³-hybridized carbons (Fsp3) is 0.100. The number of halogens is 2. The zero-order chi connectivity index (χ0) is 20.3. The lowest BCUT2D eigenvalue weighted by Gasteiger charge is -2.04. The average Bonchev–Trinajstić information content (AvgIpc) is 2.95. The lowest BCUT2D eigenvalue weighted by atomic mass is 10.1. The summed E-state index contributed by atoms with van der Waals surface area (Å²) >= 11 is 6.53. The molecule has 0 aromatic heterocycles. The smallest absolute Gasteiger partial charge is 0.344 e. The van der Waals surface area contributed by atoms with Crippen molar-refractivity contribution in [2.24, 2.45) is 4.99 Å². The second-order valence-electron chi connectivity index (χ2n) is 5.64. The number of carbonyl (C=O) groups excluding carboxylic acids is 1. The molecule has 0 fully saturated rings. The fourth-order valence-corrected chi connectivity index (χ4v) is 4.97. The van der Waals surface area contributed by atoms with Gasteiger partial charge in [0.1, 0.15) is 22.1 Å². The normalized spacial score (nSPS) is 16.8. The van der Waals surface area contributed by atoms with Crippen molar-refractivity contribution in [3.8, 4) is 5.75 Å². The third-order valence-corrected chi connectivity index (χ3v) is 6.14. The van der Waals surface area contributed by atoms with Crippen LogP contribution in [0.1, 0.15) is 12.5 Å². The Morgan fingerprint density at radius 2 is 2.00 bits per heavy atom. The van der Waals surface area contributed by atoms with Crippen molar-refractivity contribution in [1.29, 1.82) is 0 Å². The molecular formula is C20H15BrINO4S. The summed E-state index contributed by atoms with van der Waals surface area (Å²) in [5, 5.41) is 21.0. The minimum Gasteiger partial charge on any atom is -0.506 e. The summed E-state index contributed by atoms with van der Waals surface area (Å²) in [6.45, 7) is 1.90. The maximum Gasteiger partial charge on any atom is 0.344 e. The number of ether oxygens (including phenoxy) is 1. The fourth-order valence-electron chi connectivity index (χ4n) is 2.43. The number of aliphatic hydroxyl groups is 1. The Kier molecular flexibility index (Phi) is 6.84. The monoisotopic (exact) mass is 571 g/mol. The molecule has 2 aromatic carbocycles. The molecule has 2 aromatic rings.